The Morgan fingerprint density at radius 2 is 2.39 bits per heavy atom. The monoisotopic (exact) mass is 267 g/mol. The number of aromatic nitrogens is 2. The van der Waals surface area contributed by atoms with Crippen molar-refractivity contribution in [3.63, 3.8) is 0 Å². The van der Waals surface area contributed by atoms with Gasteiger partial charge in [0.25, 0.3) is 0 Å². The fourth-order valence-corrected chi connectivity index (χ4v) is 3.19. The zero-order chi connectivity index (χ0) is 13.3. The number of thioether (sulfide) groups is 1. The van der Waals surface area contributed by atoms with E-state index in [1.807, 2.05) is 0 Å². The number of aliphatic hydroxyl groups excluding tert-OH is 2. The average molecular weight is 267 g/mol. The highest BCUT2D eigenvalue weighted by Gasteiger charge is 2.39. The van der Waals surface area contributed by atoms with E-state index in [0.717, 1.165) is 0 Å². The molecule has 0 radical (unpaired) electrons. The topological polar surface area (TPSA) is 101 Å². The Kier molecular flexibility index (Phi) is 3.58. The zero-order valence-electron chi connectivity index (χ0n) is 9.48. The van der Waals surface area contributed by atoms with Crippen LogP contribution in [0, 0.1) is 0 Å². The first-order chi connectivity index (χ1) is 8.58. The highest BCUT2D eigenvalue weighted by molar-refractivity contribution is 8.00. The summed E-state index contributed by atoms with van der Waals surface area (Å²) in [6.07, 6.45) is 0.638. The number of aliphatic hydroxyl groups is 2. The maximum absolute atomic E-state index is 11.7. The van der Waals surface area contributed by atoms with Crippen molar-refractivity contribution in [2.45, 2.75) is 16.7 Å². The lowest BCUT2D eigenvalue weighted by molar-refractivity contribution is 0.171. The summed E-state index contributed by atoms with van der Waals surface area (Å²) < 4.78 is 1.34. The molecule has 0 aromatic carbocycles. The largest absolute Gasteiger partial charge is 0.395 e. The molecule has 4 N–H and O–H groups in total. The van der Waals surface area contributed by atoms with E-state index in [4.69, 9.17) is 10.8 Å². The number of nitrogens with zero attached hydrogens (tertiary/aromatic N) is 2. The lowest BCUT2D eigenvalue weighted by atomic mass is 10.1. The molecule has 1 fully saturated rings. The molecule has 6 nitrogen and oxygen atoms in total. The first kappa shape index (κ1) is 12.9. The first-order valence-corrected chi connectivity index (χ1v) is 6.21. The molecule has 1 aliphatic rings. The van der Waals surface area contributed by atoms with Gasteiger partial charge in [-0.2, -0.15) is 4.98 Å². The molecule has 2 heterocycles. The van der Waals surface area contributed by atoms with Gasteiger partial charge < -0.3 is 15.9 Å². The predicted molar refractivity (Wildman–Crippen MR) is 69.1 cm³/mol. The fraction of sp³-hybridized carbons (Fsp3) is 0.364. The van der Waals surface area contributed by atoms with Crippen LogP contribution in [0.1, 0.15) is 5.37 Å². The van der Waals surface area contributed by atoms with E-state index < -0.39 is 22.4 Å². The molecule has 0 amide bonds. The molecular formula is C11H13N3O3S. The minimum absolute atomic E-state index is 0.141. The van der Waals surface area contributed by atoms with Crippen molar-refractivity contribution in [3.8, 4) is 0 Å². The van der Waals surface area contributed by atoms with Crippen LogP contribution in [0.5, 0.6) is 0 Å². The SMILES string of the molecule is C=C=C1C(O)[C@@H](CO)S[C@H]1n1ccc(N)nc1=O. The minimum Gasteiger partial charge on any atom is -0.395 e. The van der Waals surface area contributed by atoms with E-state index in [-0.39, 0.29) is 12.4 Å². The maximum Gasteiger partial charge on any atom is 0.350 e. The summed E-state index contributed by atoms with van der Waals surface area (Å²) in [6, 6.07) is 1.50. The number of hydrogen-bond acceptors (Lipinski definition) is 6. The van der Waals surface area contributed by atoms with Crippen LogP contribution in [0.2, 0.25) is 0 Å². The molecule has 0 aliphatic carbocycles. The molecule has 0 saturated carbocycles. The molecule has 3 atom stereocenters. The van der Waals surface area contributed by atoms with Crippen LogP contribution >= 0.6 is 11.8 Å². The maximum atomic E-state index is 11.7. The smallest absolute Gasteiger partial charge is 0.350 e. The van der Waals surface area contributed by atoms with Gasteiger partial charge in [0.15, 0.2) is 0 Å². The Bertz CT molecular complexity index is 565. The number of nitrogens with two attached hydrogens (primary N) is 1. The van der Waals surface area contributed by atoms with Crippen molar-refractivity contribution in [1.82, 2.24) is 9.55 Å². The van der Waals surface area contributed by atoms with Gasteiger partial charge in [0.2, 0.25) is 0 Å². The summed E-state index contributed by atoms with van der Waals surface area (Å²) in [6.45, 7) is 3.32. The molecule has 1 aliphatic heterocycles. The molecule has 0 bridgehead atoms. The van der Waals surface area contributed by atoms with Gasteiger partial charge in [0.05, 0.1) is 18.0 Å². The Morgan fingerprint density at radius 1 is 1.67 bits per heavy atom. The third kappa shape index (κ3) is 2.09. The number of anilines is 1. The summed E-state index contributed by atoms with van der Waals surface area (Å²) in [7, 11) is 0. The van der Waals surface area contributed by atoms with Crippen LogP contribution in [-0.2, 0) is 0 Å². The lowest BCUT2D eigenvalue weighted by Crippen LogP contribution is -2.26. The second kappa shape index (κ2) is 4.99. The quantitative estimate of drug-likeness (QED) is 0.625. The standard InChI is InChI=1S/C11H13N3O3S/c1-2-6-9(16)7(5-15)18-10(6)14-4-3-8(12)13-11(14)17/h3-4,7,9-10,15-16H,1,5H2,(H2,12,13,17)/t7-,9?,10-/m1/s1. The van der Waals surface area contributed by atoms with Crippen LogP contribution in [0.25, 0.3) is 0 Å². The van der Waals surface area contributed by atoms with Gasteiger partial charge in [-0.05, 0) is 6.07 Å². The molecule has 18 heavy (non-hydrogen) atoms. The molecule has 1 aromatic heterocycles. The third-order valence-corrected chi connectivity index (χ3v) is 4.22. The fourth-order valence-electron chi connectivity index (χ4n) is 1.81. The van der Waals surface area contributed by atoms with Crippen LogP contribution in [-0.4, -0.2) is 37.7 Å². The molecular weight excluding hydrogens is 254 g/mol. The highest BCUT2D eigenvalue weighted by Crippen LogP contribution is 2.44. The lowest BCUT2D eigenvalue weighted by Gasteiger charge is -2.13. The summed E-state index contributed by atoms with van der Waals surface area (Å²) in [5.41, 5.74) is 8.01. The summed E-state index contributed by atoms with van der Waals surface area (Å²) in [5, 5.41) is 18.2. The predicted octanol–water partition coefficient (Wildman–Crippen LogP) is -0.496. The van der Waals surface area contributed by atoms with Gasteiger partial charge in [0, 0.05) is 11.8 Å². The summed E-state index contributed by atoms with van der Waals surface area (Å²) in [4.78, 5) is 15.4. The van der Waals surface area contributed by atoms with Gasteiger partial charge in [-0.15, -0.1) is 17.5 Å². The average Bonchev–Trinajstić information content (AvgIpc) is 2.65. The second-order valence-electron chi connectivity index (χ2n) is 3.83. The van der Waals surface area contributed by atoms with Crippen LogP contribution < -0.4 is 11.4 Å². The van der Waals surface area contributed by atoms with Crippen LogP contribution in [0.3, 0.4) is 0 Å². The van der Waals surface area contributed by atoms with Gasteiger partial charge >= 0.3 is 5.69 Å². The van der Waals surface area contributed by atoms with Crippen molar-refractivity contribution < 1.29 is 10.2 Å². The first-order valence-electron chi connectivity index (χ1n) is 5.27. The van der Waals surface area contributed by atoms with Gasteiger partial charge in [-0.3, -0.25) is 4.57 Å². The summed E-state index contributed by atoms with van der Waals surface area (Å²) >= 11 is 1.27. The van der Waals surface area contributed by atoms with Crippen molar-refractivity contribution in [3.05, 3.63) is 40.6 Å². The molecule has 1 saturated heterocycles. The molecule has 1 unspecified atom stereocenters. The molecule has 1 aromatic rings. The van der Waals surface area contributed by atoms with E-state index in [1.54, 1.807) is 0 Å². The minimum atomic E-state index is -0.869. The van der Waals surface area contributed by atoms with Crippen LogP contribution in [0.15, 0.2) is 34.9 Å². The molecule has 96 valence electrons. The Balaban J connectivity index is 2.45. The van der Waals surface area contributed by atoms with Crippen molar-refractivity contribution >= 4 is 17.6 Å². The van der Waals surface area contributed by atoms with E-state index in [9.17, 15) is 9.90 Å². The Morgan fingerprint density at radius 3 is 2.94 bits per heavy atom. The van der Waals surface area contributed by atoms with Gasteiger partial charge in [-0.1, -0.05) is 6.58 Å². The van der Waals surface area contributed by atoms with Crippen molar-refractivity contribution in [2.75, 3.05) is 12.3 Å². The van der Waals surface area contributed by atoms with Crippen molar-refractivity contribution in [2.24, 2.45) is 0 Å². The van der Waals surface area contributed by atoms with Gasteiger partial charge in [0.1, 0.15) is 11.2 Å². The molecule has 0 spiro atoms. The van der Waals surface area contributed by atoms with E-state index >= 15 is 0 Å². The van der Waals surface area contributed by atoms with Crippen LogP contribution in [0.4, 0.5) is 5.82 Å². The zero-order valence-corrected chi connectivity index (χ0v) is 10.3. The third-order valence-electron chi connectivity index (χ3n) is 2.73. The Hall–Kier alpha value is -1.53. The number of rotatable bonds is 2. The highest BCUT2D eigenvalue weighted by atomic mass is 32.2. The van der Waals surface area contributed by atoms with Crippen molar-refractivity contribution in [1.29, 1.82) is 0 Å². The number of nitrogen functional groups attached to an aromatic ring is 1. The summed E-state index contributed by atoms with van der Waals surface area (Å²) in [5.74, 6) is 0.141. The van der Waals surface area contributed by atoms with E-state index in [1.165, 1.54) is 28.6 Å². The number of hydrogen-bond donors (Lipinski definition) is 3. The normalized spacial score (nSPS) is 27.2. The molecule has 2 rings (SSSR count). The molecule has 7 heteroatoms. The second-order valence-corrected chi connectivity index (χ2v) is 5.15. The van der Waals surface area contributed by atoms with E-state index in [0.29, 0.717) is 5.57 Å². The van der Waals surface area contributed by atoms with Gasteiger partial charge in [-0.25, -0.2) is 4.79 Å². The Labute approximate surface area is 107 Å². The van der Waals surface area contributed by atoms with E-state index in [2.05, 4.69) is 17.3 Å².